The first kappa shape index (κ1) is 15.1. The standard InChI is InChI=1S/C16H19NO4/c1-17(11-6-5-7-12(10-11)21-2)15(18)13-8-3-4-9-14(13)16(19)20/h3-7,10,13-14H,8-9H2,1-2H3,(H,19,20)/t13-,14+/m1/s1. The van der Waals surface area contributed by atoms with Crippen molar-refractivity contribution in [1.29, 1.82) is 0 Å². The monoisotopic (exact) mass is 289 g/mol. The molecule has 0 aromatic heterocycles. The van der Waals surface area contributed by atoms with E-state index in [9.17, 15) is 14.7 Å². The summed E-state index contributed by atoms with van der Waals surface area (Å²) in [5, 5.41) is 9.27. The Labute approximate surface area is 123 Å². The Morgan fingerprint density at radius 3 is 2.52 bits per heavy atom. The van der Waals surface area contributed by atoms with Gasteiger partial charge in [0.05, 0.1) is 18.9 Å². The fourth-order valence-electron chi connectivity index (χ4n) is 2.56. The van der Waals surface area contributed by atoms with Gasteiger partial charge >= 0.3 is 5.97 Å². The minimum Gasteiger partial charge on any atom is -0.497 e. The first-order valence-corrected chi connectivity index (χ1v) is 6.84. The van der Waals surface area contributed by atoms with Gasteiger partial charge in [0.1, 0.15) is 5.75 Å². The van der Waals surface area contributed by atoms with Crippen LogP contribution in [0.2, 0.25) is 0 Å². The van der Waals surface area contributed by atoms with Crippen LogP contribution in [0.4, 0.5) is 5.69 Å². The van der Waals surface area contributed by atoms with Gasteiger partial charge in [0.25, 0.3) is 0 Å². The normalized spacial score (nSPS) is 20.9. The molecule has 1 aromatic rings. The second-order valence-electron chi connectivity index (χ2n) is 5.09. The van der Waals surface area contributed by atoms with Gasteiger partial charge in [0.15, 0.2) is 0 Å². The average Bonchev–Trinajstić information content (AvgIpc) is 2.53. The van der Waals surface area contributed by atoms with Gasteiger partial charge in [0.2, 0.25) is 5.91 Å². The Kier molecular flexibility index (Phi) is 4.62. The number of benzene rings is 1. The molecule has 1 aliphatic rings. The lowest BCUT2D eigenvalue weighted by molar-refractivity contribution is -0.146. The third kappa shape index (κ3) is 3.24. The molecular weight excluding hydrogens is 270 g/mol. The number of carbonyl (C=O) groups is 2. The van der Waals surface area contributed by atoms with Gasteiger partial charge in [0, 0.05) is 18.8 Å². The van der Waals surface area contributed by atoms with E-state index >= 15 is 0 Å². The molecule has 5 heteroatoms. The van der Waals surface area contributed by atoms with E-state index in [-0.39, 0.29) is 5.91 Å². The molecule has 112 valence electrons. The van der Waals surface area contributed by atoms with E-state index < -0.39 is 17.8 Å². The molecule has 0 radical (unpaired) electrons. The zero-order valence-corrected chi connectivity index (χ0v) is 12.2. The molecule has 0 spiro atoms. The largest absolute Gasteiger partial charge is 0.497 e. The SMILES string of the molecule is COc1cccc(N(C)C(=O)[C@@H]2CC=CC[C@@H]2C(=O)O)c1. The number of rotatable bonds is 4. The second-order valence-corrected chi connectivity index (χ2v) is 5.09. The van der Waals surface area contributed by atoms with Crippen molar-refractivity contribution in [3.05, 3.63) is 36.4 Å². The minimum atomic E-state index is -0.920. The highest BCUT2D eigenvalue weighted by Crippen LogP contribution is 2.29. The molecule has 2 rings (SSSR count). The molecule has 21 heavy (non-hydrogen) atoms. The zero-order chi connectivity index (χ0) is 15.4. The van der Waals surface area contributed by atoms with Crippen LogP contribution in [0.15, 0.2) is 36.4 Å². The topological polar surface area (TPSA) is 66.8 Å². The van der Waals surface area contributed by atoms with E-state index in [1.807, 2.05) is 12.2 Å². The zero-order valence-electron chi connectivity index (χ0n) is 12.2. The number of methoxy groups -OCH3 is 1. The highest BCUT2D eigenvalue weighted by Gasteiger charge is 2.35. The van der Waals surface area contributed by atoms with Crippen molar-refractivity contribution in [2.45, 2.75) is 12.8 Å². The van der Waals surface area contributed by atoms with E-state index in [0.717, 1.165) is 0 Å². The lowest BCUT2D eigenvalue weighted by atomic mass is 9.82. The number of allylic oxidation sites excluding steroid dienone is 2. The Morgan fingerprint density at radius 2 is 1.90 bits per heavy atom. The van der Waals surface area contributed by atoms with Crippen LogP contribution in [0.5, 0.6) is 5.75 Å². The van der Waals surface area contributed by atoms with Crippen molar-refractivity contribution in [3.63, 3.8) is 0 Å². The van der Waals surface area contributed by atoms with E-state index in [1.165, 1.54) is 4.90 Å². The molecule has 0 aliphatic heterocycles. The number of hydrogen-bond donors (Lipinski definition) is 1. The Balaban J connectivity index is 2.21. The van der Waals surface area contributed by atoms with Crippen LogP contribution in [0.1, 0.15) is 12.8 Å². The van der Waals surface area contributed by atoms with Gasteiger partial charge in [-0.05, 0) is 25.0 Å². The minimum absolute atomic E-state index is 0.181. The third-order valence-electron chi connectivity index (χ3n) is 3.84. The molecule has 0 unspecified atom stereocenters. The number of carboxylic acids is 1. The van der Waals surface area contributed by atoms with Crippen LogP contribution in [0.25, 0.3) is 0 Å². The smallest absolute Gasteiger partial charge is 0.307 e. The molecule has 0 saturated heterocycles. The Hall–Kier alpha value is -2.30. The van der Waals surface area contributed by atoms with Crippen LogP contribution in [-0.2, 0) is 9.59 Å². The van der Waals surface area contributed by atoms with Crippen molar-refractivity contribution >= 4 is 17.6 Å². The number of ether oxygens (including phenoxy) is 1. The quantitative estimate of drug-likeness (QED) is 0.864. The second kappa shape index (κ2) is 6.43. The summed E-state index contributed by atoms with van der Waals surface area (Å²) in [6.45, 7) is 0. The van der Waals surface area contributed by atoms with Gasteiger partial charge in [-0.25, -0.2) is 0 Å². The predicted octanol–water partition coefficient (Wildman–Crippen LogP) is 2.32. The number of hydrogen-bond acceptors (Lipinski definition) is 3. The third-order valence-corrected chi connectivity index (χ3v) is 3.84. The van der Waals surface area contributed by atoms with Gasteiger partial charge in [-0.2, -0.15) is 0 Å². The predicted molar refractivity (Wildman–Crippen MR) is 79.4 cm³/mol. The number of anilines is 1. The summed E-state index contributed by atoms with van der Waals surface area (Å²) in [5.41, 5.74) is 0.693. The summed E-state index contributed by atoms with van der Waals surface area (Å²) in [4.78, 5) is 25.4. The molecule has 0 bridgehead atoms. The molecule has 1 aromatic carbocycles. The maximum absolute atomic E-state index is 12.6. The lowest BCUT2D eigenvalue weighted by Crippen LogP contribution is -2.40. The fourth-order valence-corrected chi connectivity index (χ4v) is 2.56. The maximum atomic E-state index is 12.6. The average molecular weight is 289 g/mol. The van der Waals surface area contributed by atoms with Gasteiger partial charge in [-0.1, -0.05) is 18.2 Å². The number of nitrogens with zero attached hydrogens (tertiary/aromatic N) is 1. The summed E-state index contributed by atoms with van der Waals surface area (Å²) < 4.78 is 5.15. The molecular formula is C16H19NO4. The summed E-state index contributed by atoms with van der Waals surface area (Å²) >= 11 is 0. The number of aliphatic carboxylic acids is 1. The maximum Gasteiger partial charge on any atom is 0.307 e. The molecule has 5 nitrogen and oxygen atoms in total. The molecule has 1 N–H and O–H groups in total. The van der Waals surface area contributed by atoms with E-state index in [0.29, 0.717) is 24.3 Å². The molecule has 2 atom stereocenters. The first-order valence-electron chi connectivity index (χ1n) is 6.84. The Morgan fingerprint density at radius 1 is 1.24 bits per heavy atom. The summed E-state index contributed by atoms with van der Waals surface area (Å²) in [6.07, 6.45) is 4.57. The van der Waals surface area contributed by atoms with Crippen molar-refractivity contribution < 1.29 is 19.4 Å². The first-order chi connectivity index (χ1) is 10.0. The van der Waals surface area contributed by atoms with Gasteiger partial charge < -0.3 is 14.7 Å². The molecule has 0 fully saturated rings. The molecule has 1 aliphatic carbocycles. The van der Waals surface area contributed by atoms with E-state index in [4.69, 9.17) is 4.74 Å². The fraction of sp³-hybridized carbons (Fsp3) is 0.375. The van der Waals surface area contributed by atoms with Crippen molar-refractivity contribution in [1.82, 2.24) is 0 Å². The van der Waals surface area contributed by atoms with Crippen LogP contribution in [0, 0.1) is 11.8 Å². The Bertz CT molecular complexity index is 567. The summed E-state index contributed by atoms with van der Waals surface area (Å²) in [5.74, 6) is -1.62. The lowest BCUT2D eigenvalue weighted by Gasteiger charge is -2.28. The molecule has 0 saturated carbocycles. The number of amides is 1. The van der Waals surface area contributed by atoms with Gasteiger partial charge in [-0.15, -0.1) is 0 Å². The highest BCUT2D eigenvalue weighted by atomic mass is 16.5. The van der Waals surface area contributed by atoms with Crippen LogP contribution < -0.4 is 9.64 Å². The van der Waals surface area contributed by atoms with Crippen molar-refractivity contribution in [3.8, 4) is 5.75 Å². The summed E-state index contributed by atoms with van der Waals surface area (Å²) in [6, 6.07) is 7.15. The van der Waals surface area contributed by atoms with E-state index in [2.05, 4.69) is 0 Å². The van der Waals surface area contributed by atoms with Crippen molar-refractivity contribution in [2.24, 2.45) is 11.8 Å². The van der Waals surface area contributed by atoms with Crippen LogP contribution >= 0.6 is 0 Å². The molecule has 0 heterocycles. The number of carbonyl (C=O) groups excluding carboxylic acids is 1. The highest BCUT2D eigenvalue weighted by molar-refractivity contribution is 5.97. The van der Waals surface area contributed by atoms with Crippen molar-refractivity contribution in [2.75, 3.05) is 19.1 Å². The van der Waals surface area contributed by atoms with Crippen LogP contribution in [-0.4, -0.2) is 31.1 Å². The molecule has 1 amide bonds. The number of carboxylic acid groups (broad SMARTS) is 1. The summed E-state index contributed by atoms with van der Waals surface area (Å²) in [7, 11) is 3.22. The van der Waals surface area contributed by atoms with Gasteiger partial charge in [-0.3, -0.25) is 9.59 Å². The van der Waals surface area contributed by atoms with E-state index in [1.54, 1.807) is 38.4 Å². The van der Waals surface area contributed by atoms with Crippen LogP contribution in [0.3, 0.4) is 0 Å².